The summed E-state index contributed by atoms with van der Waals surface area (Å²) in [5.74, 6) is 0.120. The van der Waals surface area contributed by atoms with Gasteiger partial charge in [0.2, 0.25) is 11.8 Å². The van der Waals surface area contributed by atoms with E-state index in [1.165, 1.54) is 0 Å². The molecule has 90 valence electrons. The van der Waals surface area contributed by atoms with Crippen molar-refractivity contribution >= 4 is 33.4 Å². The number of hydrogen-bond donors (Lipinski definition) is 2. The van der Waals surface area contributed by atoms with Gasteiger partial charge in [0, 0.05) is 16.2 Å². The molecular weight excluding hydrogens is 288 g/mol. The lowest BCUT2D eigenvalue weighted by Gasteiger charge is -2.12. The van der Waals surface area contributed by atoms with Crippen LogP contribution in [0.15, 0.2) is 22.7 Å². The second kappa shape index (κ2) is 4.75. The van der Waals surface area contributed by atoms with E-state index in [9.17, 15) is 9.59 Å². The first kappa shape index (κ1) is 11.9. The topological polar surface area (TPSA) is 67.4 Å². The zero-order valence-corrected chi connectivity index (χ0v) is 10.7. The van der Waals surface area contributed by atoms with Gasteiger partial charge in [-0.1, -0.05) is 15.9 Å². The Labute approximate surface area is 107 Å². The summed E-state index contributed by atoms with van der Waals surface area (Å²) in [4.78, 5) is 22.4. The molecule has 1 aromatic rings. The molecule has 0 spiro atoms. The Balaban J connectivity index is 2.15. The van der Waals surface area contributed by atoms with Crippen LogP contribution in [0.2, 0.25) is 0 Å². The molecule has 0 bridgehead atoms. The molecule has 2 rings (SSSR count). The Kier molecular flexibility index (Phi) is 3.33. The fourth-order valence-electron chi connectivity index (χ4n) is 1.64. The SMILES string of the molecule is COc1cc(Br)cc(NC2CC(=O)NC2=O)c1. The Morgan fingerprint density at radius 2 is 2.18 bits per heavy atom. The molecule has 1 aliphatic heterocycles. The number of carbonyl (C=O) groups excluding carboxylic acids is 2. The van der Waals surface area contributed by atoms with Crippen LogP contribution in [0.25, 0.3) is 0 Å². The van der Waals surface area contributed by atoms with Crippen molar-refractivity contribution in [3.8, 4) is 5.75 Å². The molecule has 1 heterocycles. The molecule has 0 saturated carbocycles. The molecule has 1 fully saturated rings. The number of halogens is 1. The molecule has 5 nitrogen and oxygen atoms in total. The van der Waals surface area contributed by atoms with Gasteiger partial charge < -0.3 is 10.1 Å². The first-order chi connectivity index (χ1) is 8.08. The summed E-state index contributed by atoms with van der Waals surface area (Å²) in [6.07, 6.45) is 0.160. The van der Waals surface area contributed by atoms with Gasteiger partial charge in [-0.3, -0.25) is 14.9 Å². The Bertz CT molecular complexity index is 476. The van der Waals surface area contributed by atoms with Crippen molar-refractivity contribution in [2.75, 3.05) is 12.4 Å². The van der Waals surface area contributed by atoms with Crippen LogP contribution in [0.5, 0.6) is 5.75 Å². The highest BCUT2D eigenvalue weighted by atomic mass is 79.9. The number of imide groups is 1. The number of ether oxygens (including phenoxy) is 1. The van der Waals surface area contributed by atoms with Crippen LogP contribution >= 0.6 is 15.9 Å². The molecule has 1 aliphatic rings. The molecule has 2 N–H and O–H groups in total. The van der Waals surface area contributed by atoms with Gasteiger partial charge in [0.1, 0.15) is 11.8 Å². The molecule has 17 heavy (non-hydrogen) atoms. The van der Waals surface area contributed by atoms with Crippen LogP contribution in [0, 0.1) is 0 Å². The molecular formula is C11H11BrN2O3. The Hall–Kier alpha value is -1.56. The highest BCUT2D eigenvalue weighted by molar-refractivity contribution is 9.10. The van der Waals surface area contributed by atoms with E-state index in [4.69, 9.17) is 4.74 Å². The van der Waals surface area contributed by atoms with Crippen molar-refractivity contribution in [3.05, 3.63) is 22.7 Å². The molecule has 1 unspecified atom stereocenters. The van der Waals surface area contributed by atoms with E-state index in [1.54, 1.807) is 13.2 Å². The predicted molar refractivity (Wildman–Crippen MR) is 65.9 cm³/mol. The second-order valence-electron chi connectivity index (χ2n) is 3.69. The van der Waals surface area contributed by atoms with Gasteiger partial charge >= 0.3 is 0 Å². The summed E-state index contributed by atoms with van der Waals surface area (Å²) in [5, 5.41) is 5.24. The summed E-state index contributed by atoms with van der Waals surface area (Å²) < 4.78 is 5.95. The van der Waals surface area contributed by atoms with E-state index in [0.29, 0.717) is 5.75 Å². The van der Waals surface area contributed by atoms with Gasteiger partial charge in [0.25, 0.3) is 0 Å². The van der Waals surface area contributed by atoms with Crippen molar-refractivity contribution in [1.82, 2.24) is 5.32 Å². The lowest BCUT2D eigenvalue weighted by Crippen LogP contribution is -2.29. The summed E-state index contributed by atoms with van der Waals surface area (Å²) >= 11 is 3.34. The van der Waals surface area contributed by atoms with E-state index in [1.807, 2.05) is 12.1 Å². The lowest BCUT2D eigenvalue weighted by molar-refractivity contribution is -0.124. The summed E-state index contributed by atoms with van der Waals surface area (Å²) in [6, 6.07) is 4.88. The van der Waals surface area contributed by atoms with Crippen molar-refractivity contribution in [3.63, 3.8) is 0 Å². The molecule has 0 radical (unpaired) electrons. The van der Waals surface area contributed by atoms with Crippen LogP contribution in [0.1, 0.15) is 6.42 Å². The Morgan fingerprint density at radius 1 is 1.41 bits per heavy atom. The van der Waals surface area contributed by atoms with Gasteiger partial charge in [-0.05, 0) is 12.1 Å². The third-order valence-corrected chi connectivity index (χ3v) is 2.87. The fourth-order valence-corrected chi connectivity index (χ4v) is 2.11. The molecule has 0 aromatic heterocycles. The van der Waals surface area contributed by atoms with Gasteiger partial charge in [-0.2, -0.15) is 0 Å². The number of benzene rings is 1. The van der Waals surface area contributed by atoms with Crippen LogP contribution in [-0.2, 0) is 9.59 Å². The molecule has 1 saturated heterocycles. The van der Waals surface area contributed by atoms with Crippen LogP contribution in [0.3, 0.4) is 0 Å². The minimum absolute atomic E-state index is 0.160. The average Bonchev–Trinajstić information content (AvgIpc) is 2.56. The minimum Gasteiger partial charge on any atom is -0.497 e. The van der Waals surface area contributed by atoms with Crippen LogP contribution < -0.4 is 15.4 Å². The maximum absolute atomic E-state index is 11.4. The van der Waals surface area contributed by atoms with E-state index < -0.39 is 6.04 Å². The highest BCUT2D eigenvalue weighted by Crippen LogP contribution is 2.25. The highest BCUT2D eigenvalue weighted by Gasteiger charge is 2.30. The summed E-state index contributed by atoms with van der Waals surface area (Å²) in [6.45, 7) is 0. The number of rotatable bonds is 3. The maximum Gasteiger partial charge on any atom is 0.249 e. The number of amides is 2. The number of nitrogens with one attached hydrogen (secondary N) is 2. The quantitative estimate of drug-likeness (QED) is 0.825. The smallest absolute Gasteiger partial charge is 0.249 e. The molecule has 1 atom stereocenters. The van der Waals surface area contributed by atoms with Crippen molar-refractivity contribution in [2.45, 2.75) is 12.5 Å². The van der Waals surface area contributed by atoms with Crippen LogP contribution in [0.4, 0.5) is 5.69 Å². The van der Waals surface area contributed by atoms with E-state index >= 15 is 0 Å². The van der Waals surface area contributed by atoms with Gasteiger partial charge in [-0.15, -0.1) is 0 Å². The molecule has 6 heteroatoms. The predicted octanol–water partition coefficient (Wildman–Crippen LogP) is 1.28. The fraction of sp³-hybridized carbons (Fsp3) is 0.273. The minimum atomic E-state index is -0.512. The van der Waals surface area contributed by atoms with E-state index in [2.05, 4.69) is 26.6 Å². The normalized spacial score (nSPS) is 19.1. The summed E-state index contributed by atoms with van der Waals surface area (Å²) in [7, 11) is 1.57. The zero-order valence-electron chi connectivity index (χ0n) is 9.12. The number of hydrogen-bond acceptors (Lipinski definition) is 4. The molecule has 2 amide bonds. The number of methoxy groups -OCH3 is 1. The van der Waals surface area contributed by atoms with Gasteiger partial charge in [0.05, 0.1) is 13.5 Å². The first-order valence-electron chi connectivity index (χ1n) is 5.03. The maximum atomic E-state index is 11.4. The monoisotopic (exact) mass is 298 g/mol. The molecule has 1 aromatic carbocycles. The van der Waals surface area contributed by atoms with E-state index in [-0.39, 0.29) is 18.2 Å². The van der Waals surface area contributed by atoms with Crippen LogP contribution in [-0.4, -0.2) is 25.0 Å². The number of carbonyl (C=O) groups is 2. The summed E-state index contributed by atoms with van der Waals surface area (Å²) in [5.41, 5.74) is 0.728. The van der Waals surface area contributed by atoms with Crippen molar-refractivity contribution in [1.29, 1.82) is 0 Å². The largest absolute Gasteiger partial charge is 0.497 e. The first-order valence-corrected chi connectivity index (χ1v) is 5.82. The lowest BCUT2D eigenvalue weighted by atomic mass is 10.2. The third-order valence-electron chi connectivity index (χ3n) is 2.42. The standard InChI is InChI=1S/C11H11BrN2O3/c1-17-8-3-6(12)2-7(4-8)13-9-5-10(15)14-11(9)16/h2-4,9,13H,5H2,1H3,(H,14,15,16). The van der Waals surface area contributed by atoms with Gasteiger partial charge in [-0.25, -0.2) is 0 Å². The zero-order chi connectivity index (χ0) is 12.4. The third kappa shape index (κ3) is 2.76. The number of anilines is 1. The van der Waals surface area contributed by atoms with Crippen molar-refractivity contribution in [2.24, 2.45) is 0 Å². The molecule has 0 aliphatic carbocycles. The Morgan fingerprint density at radius 3 is 2.76 bits per heavy atom. The average molecular weight is 299 g/mol. The van der Waals surface area contributed by atoms with Gasteiger partial charge in [0.15, 0.2) is 0 Å². The van der Waals surface area contributed by atoms with E-state index in [0.717, 1.165) is 10.2 Å². The second-order valence-corrected chi connectivity index (χ2v) is 4.61. The van der Waals surface area contributed by atoms with Crippen molar-refractivity contribution < 1.29 is 14.3 Å².